The molecule has 3 rings (SSSR count). The van der Waals surface area contributed by atoms with Gasteiger partial charge in [0.2, 0.25) is 5.95 Å². The first kappa shape index (κ1) is 23.7. The first-order chi connectivity index (χ1) is 15.3. The topological polar surface area (TPSA) is 118 Å². The number of benzene rings is 1. The van der Waals surface area contributed by atoms with Crippen molar-refractivity contribution in [2.75, 3.05) is 34.4 Å². The number of hydrazine groups is 2. The first-order valence-electron chi connectivity index (χ1n) is 11.0. The molecule has 0 amide bonds. The Hall–Kier alpha value is -2.98. The predicted molar refractivity (Wildman–Crippen MR) is 127 cm³/mol. The molecule has 0 radical (unpaired) electrons. The second-order valence-electron chi connectivity index (χ2n) is 8.35. The number of ether oxygens (including phenoxy) is 1. The number of fused-ring (bicyclic) bond motifs is 1. The van der Waals surface area contributed by atoms with E-state index in [4.69, 9.17) is 14.7 Å². The average Bonchev–Trinajstić information content (AvgIpc) is 3.17. The fourth-order valence-corrected chi connectivity index (χ4v) is 3.48. The van der Waals surface area contributed by atoms with Crippen LogP contribution in [0.4, 0.5) is 23.3 Å². The molecule has 1 aliphatic heterocycles. The van der Waals surface area contributed by atoms with E-state index < -0.39 is 0 Å². The number of phenols is 1. The van der Waals surface area contributed by atoms with Gasteiger partial charge < -0.3 is 25.6 Å². The SMILES string of the molecule is CCC(CO)Nc1nc(NCc2cccc(OC)c2O)c2c(n1)N(C(C)C)NN2C(C)C. The van der Waals surface area contributed by atoms with Gasteiger partial charge >= 0.3 is 0 Å². The van der Waals surface area contributed by atoms with Gasteiger partial charge in [0, 0.05) is 24.2 Å². The Morgan fingerprint density at radius 2 is 1.84 bits per heavy atom. The third kappa shape index (κ3) is 4.76. The molecule has 0 saturated heterocycles. The maximum Gasteiger partial charge on any atom is 0.227 e. The molecule has 10 heteroatoms. The van der Waals surface area contributed by atoms with Gasteiger partial charge in [0.15, 0.2) is 23.1 Å². The third-order valence-electron chi connectivity index (χ3n) is 5.38. The van der Waals surface area contributed by atoms with E-state index in [1.54, 1.807) is 6.07 Å². The molecule has 1 aromatic carbocycles. The minimum absolute atomic E-state index is 0.0122. The molecule has 0 saturated carbocycles. The fourth-order valence-electron chi connectivity index (χ4n) is 3.48. The number of aliphatic hydroxyl groups is 1. The van der Waals surface area contributed by atoms with Crippen LogP contribution in [0.15, 0.2) is 18.2 Å². The number of nitrogens with one attached hydrogen (secondary N) is 3. The number of aromatic hydroxyl groups is 1. The minimum atomic E-state index is -0.147. The van der Waals surface area contributed by atoms with Crippen LogP contribution in [-0.2, 0) is 6.54 Å². The highest BCUT2D eigenvalue weighted by atomic mass is 16.5. The highest BCUT2D eigenvalue weighted by Crippen LogP contribution is 2.41. The Labute approximate surface area is 189 Å². The maximum absolute atomic E-state index is 10.5. The zero-order chi connectivity index (χ0) is 23.4. The van der Waals surface area contributed by atoms with E-state index in [0.717, 1.165) is 17.9 Å². The summed E-state index contributed by atoms with van der Waals surface area (Å²) in [4.78, 5) is 9.49. The monoisotopic (exact) mass is 445 g/mol. The van der Waals surface area contributed by atoms with Crippen molar-refractivity contribution in [1.82, 2.24) is 15.5 Å². The van der Waals surface area contributed by atoms with Crippen molar-refractivity contribution in [2.45, 2.75) is 65.7 Å². The van der Waals surface area contributed by atoms with Crippen molar-refractivity contribution < 1.29 is 14.9 Å². The van der Waals surface area contributed by atoms with Gasteiger partial charge in [-0.05, 0) is 40.2 Å². The number of phenolic OH excluding ortho intramolecular Hbond substituents is 1. The van der Waals surface area contributed by atoms with Crippen LogP contribution in [0.1, 0.15) is 46.6 Å². The van der Waals surface area contributed by atoms with Crippen LogP contribution >= 0.6 is 0 Å². The van der Waals surface area contributed by atoms with Crippen LogP contribution < -0.4 is 30.9 Å². The zero-order valence-electron chi connectivity index (χ0n) is 19.7. The van der Waals surface area contributed by atoms with Crippen molar-refractivity contribution in [3.63, 3.8) is 0 Å². The van der Waals surface area contributed by atoms with E-state index in [-0.39, 0.29) is 30.5 Å². The van der Waals surface area contributed by atoms with Crippen LogP contribution in [-0.4, -0.2) is 52.0 Å². The number of methoxy groups -OCH3 is 1. The van der Waals surface area contributed by atoms with Crippen molar-refractivity contribution in [3.05, 3.63) is 23.8 Å². The van der Waals surface area contributed by atoms with E-state index >= 15 is 0 Å². The lowest BCUT2D eigenvalue weighted by Crippen LogP contribution is -2.50. The summed E-state index contributed by atoms with van der Waals surface area (Å²) in [6, 6.07) is 5.54. The highest BCUT2D eigenvalue weighted by Gasteiger charge is 2.35. The largest absolute Gasteiger partial charge is 0.504 e. The summed E-state index contributed by atoms with van der Waals surface area (Å²) in [6.45, 7) is 10.7. The summed E-state index contributed by atoms with van der Waals surface area (Å²) < 4.78 is 5.23. The predicted octanol–water partition coefficient (Wildman–Crippen LogP) is 2.85. The summed E-state index contributed by atoms with van der Waals surface area (Å²) in [6.07, 6.45) is 0.738. The molecule has 1 atom stereocenters. The number of para-hydroxylation sites is 1. The molecule has 1 unspecified atom stereocenters. The molecule has 2 aromatic rings. The Bertz CT molecular complexity index is 919. The normalized spacial score (nSPS) is 14.2. The second kappa shape index (κ2) is 10.1. The number of hydrogen-bond acceptors (Lipinski definition) is 10. The second-order valence-corrected chi connectivity index (χ2v) is 8.35. The molecule has 1 aromatic heterocycles. The minimum Gasteiger partial charge on any atom is -0.504 e. The van der Waals surface area contributed by atoms with E-state index in [9.17, 15) is 10.2 Å². The standard InChI is InChI=1S/C22H35N7O3/c1-7-16(12-30)24-22-25-20(23-11-15-9-8-10-17(32-6)19(15)31)18-21(26-22)29(14(4)5)27-28(18)13(2)3/h8-10,13-14,16,27,30-31H,7,11-12H2,1-6H3,(H2,23,24,25,26). The number of nitrogens with zero attached hydrogens (tertiary/aromatic N) is 4. The van der Waals surface area contributed by atoms with Crippen molar-refractivity contribution >= 4 is 23.3 Å². The smallest absolute Gasteiger partial charge is 0.227 e. The first-order valence-corrected chi connectivity index (χ1v) is 11.0. The van der Waals surface area contributed by atoms with Gasteiger partial charge in [-0.15, -0.1) is 5.53 Å². The van der Waals surface area contributed by atoms with E-state index in [0.29, 0.717) is 29.6 Å². The summed E-state index contributed by atoms with van der Waals surface area (Å²) in [5, 5.41) is 30.7. The van der Waals surface area contributed by atoms with Crippen LogP contribution in [0.3, 0.4) is 0 Å². The van der Waals surface area contributed by atoms with Gasteiger partial charge in [-0.1, -0.05) is 19.1 Å². The fraction of sp³-hybridized carbons (Fsp3) is 0.545. The lowest BCUT2D eigenvalue weighted by atomic mass is 10.2. The molecule has 5 N–H and O–H groups in total. The Morgan fingerprint density at radius 3 is 2.44 bits per heavy atom. The quantitative estimate of drug-likeness (QED) is 0.374. The molecule has 1 aliphatic rings. The van der Waals surface area contributed by atoms with Gasteiger partial charge in [-0.3, -0.25) is 10.0 Å². The van der Waals surface area contributed by atoms with E-state index in [1.165, 1.54) is 7.11 Å². The molecular formula is C22H35N7O3. The third-order valence-corrected chi connectivity index (χ3v) is 5.38. The highest BCUT2D eigenvalue weighted by molar-refractivity contribution is 5.83. The maximum atomic E-state index is 10.5. The molecule has 0 fully saturated rings. The van der Waals surface area contributed by atoms with Gasteiger partial charge in [-0.25, -0.2) is 0 Å². The molecule has 176 valence electrons. The van der Waals surface area contributed by atoms with Crippen molar-refractivity contribution in [2.24, 2.45) is 0 Å². The number of aromatic nitrogens is 2. The Kier molecular flexibility index (Phi) is 7.47. The molecule has 0 aliphatic carbocycles. The summed E-state index contributed by atoms with van der Waals surface area (Å²) in [5.74, 6) is 2.32. The van der Waals surface area contributed by atoms with Gasteiger partial charge in [0.05, 0.1) is 19.8 Å². The summed E-state index contributed by atoms with van der Waals surface area (Å²) in [5.41, 5.74) is 4.93. The molecule has 0 bridgehead atoms. The molecule has 0 spiro atoms. The van der Waals surface area contributed by atoms with Crippen LogP contribution in [0, 0.1) is 0 Å². The van der Waals surface area contributed by atoms with Gasteiger partial charge in [0.1, 0.15) is 5.69 Å². The van der Waals surface area contributed by atoms with E-state index in [2.05, 4.69) is 43.9 Å². The molecule has 10 nitrogen and oxygen atoms in total. The van der Waals surface area contributed by atoms with Gasteiger partial charge in [-0.2, -0.15) is 9.97 Å². The summed E-state index contributed by atoms with van der Waals surface area (Å²) in [7, 11) is 1.53. The van der Waals surface area contributed by atoms with Crippen LogP contribution in [0.25, 0.3) is 0 Å². The van der Waals surface area contributed by atoms with Crippen LogP contribution in [0.5, 0.6) is 11.5 Å². The van der Waals surface area contributed by atoms with E-state index in [1.807, 2.05) is 29.1 Å². The van der Waals surface area contributed by atoms with Crippen molar-refractivity contribution in [3.8, 4) is 11.5 Å². The number of aliphatic hydroxyl groups excluding tert-OH is 1. The molecule has 2 heterocycles. The lowest BCUT2D eigenvalue weighted by molar-refractivity contribution is 0.271. The Morgan fingerprint density at radius 1 is 1.12 bits per heavy atom. The van der Waals surface area contributed by atoms with Crippen molar-refractivity contribution in [1.29, 1.82) is 0 Å². The lowest BCUT2D eigenvalue weighted by Gasteiger charge is -2.27. The van der Waals surface area contributed by atoms with Crippen LogP contribution in [0.2, 0.25) is 0 Å². The molecular weight excluding hydrogens is 410 g/mol. The summed E-state index contributed by atoms with van der Waals surface area (Å²) >= 11 is 0. The average molecular weight is 446 g/mol. The number of rotatable bonds is 10. The van der Waals surface area contributed by atoms with Gasteiger partial charge in [0.25, 0.3) is 0 Å². The zero-order valence-corrected chi connectivity index (χ0v) is 19.7. The Balaban J connectivity index is 2.03. The number of anilines is 4. The number of hydrogen-bond donors (Lipinski definition) is 5. The molecule has 32 heavy (non-hydrogen) atoms.